The number of anilines is 2. The number of aromatic nitrogens is 2. The summed E-state index contributed by atoms with van der Waals surface area (Å²) in [5, 5.41) is 22.3. The highest BCUT2D eigenvalue weighted by Crippen LogP contribution is 2.32. The van der Waals surface area contributed by atoms with E-state index in [2.05, 4.69) is 51.5 Å². The summed E-state index contributed by atoms with van der Waals surface area (Å²) in [7, 11) is 1.91. The van der Waals surface area contributed by atoms with E-state index in [0.717, 1.165) is 74.5 Å². The number of carbonyl (C=O) groups is 1. The molecule has 3 heterocycles. The van der Waals surface area contributed by atoms with Crippen LogP contribution in [0.2, 0.25) is 0 Å². The third-order valence-electron chi connectivity index (χ3n) is 6.98. The van der Waals surface area contributed by atoms with Gasteiger partial charge in [0.2, 0.25) is 5.91 Å². The summed E-state index contributed by atoms with van der Waals surface area (Å²) in [5.74, 6) is 0.0349. The third-order valence-corrected chi connectivity index (χ3v) is 6.98. The lowest BCUT2D eigenvalue weighted by Gasteiger charge is -2.32. The van der Waals surface area contributed by atoms with Crippen molar-refractivity contribution in [2.75, 3.05) is 50.1 Å². The van der Waals surface area contributed by atoms with Crippen LogP contribution in [0, 0.1) is 19.3 Å². The van der Waals surface area contributed by atoms with Crippen LogP contribution in [0.4, 0.5) is 11.4 Å². The van der Waals surface area contributed by atoms with Crippen LogP contribution in [0.3, 0.4) is 0 Å². The van der Waals surface area contributed by atoms with Gasteiger partial charge in [0.25, 0.3) is 0 Å². The maximum atomic E-state index is 12.2. The summed E-state index contributed by atoms with van der Waals surface area (Å²) in [6.07, 6.45) is 5.45. The second-order valence-electron chi connectivity index (χ2n) is 9.48. The van der Waals surface area contributed by atoms with E-state index in [-0.39, 0.29) is 11.9 Å². The van der Waals surface area contributed by atoms with Crippen molar-refractivity contribution in [3.05, 3.63) is 40.2 Å². The number of rotatable bonds is 10. The van der Waals surface area contributed by atoms with Crippen LogP contribution in [0.1, 0.15) is 47.3 Å². The van der Waals surface area contributed by atoms with Gasteiger partial charge in [0.15, 0.2) is 0 Å². The Hall–Kier alpha value is -2.91. The Kier molecular flexibility index (Phi) is 8.41. The van der Waals surface area contributed by atoms with Crippen LogP contribution in [-0.2, 0) is 29.0 Å². The lowest BCUT2D eigenvalue weighted by molar-refractivity contribution is -0.125. The molecule has 0 spiro atoms. The first-order chi connectivity index (χ1) is 17.0. The number of benzene rings is 1. The zero-order valence-corrected chi connectivity index (χ0v) is 21.2. The fourth-order valence-electron chi connectivity index (χ4n) is 5.08. The Morgan fingerprint density at radius 3 is 2.91 bits per heavy atom. The van der Waals surface area contributed by atoms with E-state index in [9.17, 15) is 4.79 Å². The molecule has 2 aliphatic rings. The molecule has 9 nitrogen and oxygen atoms in total. The van der Waals surface area contributed by atoms with E-state index in [0.29, 0.717) is 19.8 Å². The van der Waals surface area contributed by atoms with Crippen molar-refractivity contribution >= 4 is 23.5 Å². The number of nitrogens with one attached hydrogen (secondary N) is 4. The van der Waals surface area contributed by atoms with Crippen molar-refractivity contribution < 1.29 is 9.53 Å². The molecule has 0 unspecified atom stereocenters. The van der Waals surface area contributed by atoms with Crippen LogP contribution in [-0.4, -0.2) is 67.8 Å². The average Bonchev–Trinajstić information content (AvgIpc) is 3.20. The molecule has 4 rings (SSSR count). The molecule has 0 bridgehead atoms. The molecule has 9 heteroatoms. The zero-order valence-electron chi connectivity index (χ0n) is 21.2. The van der Waals surface area contributed by atoms with Crippen LogP contribution >= 0.6 is 0 Å². The van der Waals surface area contributed by atoms with Gasteiger partial charge in [-0.2, -0.15) is 5.10 Å². The number of unbranched alkanes of at least 4 members (excludes halogenated alkanes) is 2. The number of aryl methyl sites for hydroxylation is 3. The maximum Gasteiger partial charge on any atom is 0.239 e. The summed E-state index contributed by atoms with van der Waals surface area (Å²) in [6, 6.07) is 4.05. The molecule has 2 aliphatic heterocycles. The van der Waals surface area contributed by atoms with Crippen molar-refractivity contribution in [3.8, 4) is 0 Å². The number of morpholine rings is 1. The Labute approximate surface area is 208 Å². The fourth-order valence-corrected chi connectivity index (χ4v) is 5.08. The van der Waals surface area contributed by atoms with Gasteiger partial charge < -0.3 is 31.0 Å². The number of ether oxygens (including phenoxy) is 1. The highest BCUT2D eigenvalue weighted by molar-refractivity contribution is 5.94. The smallest absolute Gasteiger partial charge is 0.239 e. The van der Waals surface area contributed by atoms with Gasteiger partial charge in [-0.25, -0.2) is 0 Å². The van der Waals surface area contributed by atoms with Crippen LogP contribution < -0.4 is 20.9 Å². The molecule has 2 aromatic rings. The van der Waals surface area contributed by atoms with Gasteiger partial charge in [0.1, 0.15) is 6.04 Å². The van der Waals surface area contributed by atoms with Gasteiger partial charge in [0.05, 0.1) is 18.9 Å². The summed E-state index contributed by atoms with van der Waals surface area (Å²) >= 11 is 0. The maximum absolute atomic E-state index is 12.2. The number of nitrogens with zero attached hydrogens (tertiary/aromatic N) is 3. The molecule has 35 heavy (non-hydrogen) atoms. The summed E-state index contributed by atoms with van der Waals surface area (Å²) < 4.78 is 7.55. The average molecular weight is 482 g/mol. The highest BCUT2D eigenvalue weighted by Gasteiger charge is 2.25. The van der Waals surface area contributed by atoms with E-state index >= 15 is 0 Å². The first-order valence-electron chi connectivity index (χ1n) is 12.7. The minimum Gasteiger partial charge on any atom is -0.388 e. The predicted molar refractivity (Wildman–Crippen MR) is 140 cm³/mol. The predicted octanol–water partition coefficient (Wildman–Crippen LogP) is 2.38. The van der Waals surface area contributed by atoms with Gasteiger partial charge in [-0.1, -0.05) is 0 Å². The molecular formula is C26H39N7O2. The van der Waals surface area contributed by atoms with Crippen molar-refractivity contribution in [1.82, 2.24) is 20.4 Å². The van der Waals surface area contributed by atoms with Crippen LogP contribution in [0.25, 0.3) is 0 Å². The van der Waals surface area contributed by atoms with E-state index in [4.69, 9.17) is 15.2 Å². The van der Waals surface area contributed by atoms with Crippen LogP contribution in [0.15, 0.2) is 12.1 Å². The van der Waals surface area contributed by atoms with Crippen molar-refractivity contribution in [2.24, 2.45) is 0 Å². The Balaban J connectivity index is 1.30. The number of fused-ring (bicyclic) bond motifs is 1. The monoisotopic (exact) mass is 481 g/mol. The van der Waals surface area contributed by atoms with E-state index < -0.39 is 0 Å². The van der Waals surface area contributed by atoms with E-state index in [1.807, 2.05) is 7.05 Å². The normalized spacial score (nSPS) is 17.7. The number of amides is 1. The highest BCUT2D eigenvalue weighted by atomic mass is 16.5. The summed E-state index contributed by atoms with van der Waals surface area (Å²) in [4.78, 5) is 14.5. The minimum absolute atomic E-state index is 0.0349. The Morgan fingerprint density at radius 2 is 2.17 bits per heavy atom. The number of carbonyl (C=O) groups excluding carboxylic acids is 1. The fraction of sp³-hybridized carbons (Fsp3) is 0.577. The molecule has 1 saturated heterocycles. The Morgan fingerprint density at radius 1 is 1.31 bits per heavy atom. The molecule has 4 N–H and O–H groups in total. The van der Waals surface area contributed by atoms with Crippen molar-refractivity contribution in [3.63, 3.8) is 0 Å². The molecule has 0 radical (unpaired) electrons. The topological polar surface area (TPSA) is 107 Å². The summed E-state index contributed by atoms with van der Waals surface area (Å²) in [6.45, 7) is 9.40. The quantitative estimate of drug-likeness (QED) is 0.307. The first kappa shape index (κ1) is 25.2. The van der Waals surface area contributed by atoms with Gasteiger partial charge in [-0.3, -0.25) is 9.48 Å². The number of hydrogen-bond donors (Lipinski definition) is 4. The second-order valence-corrected chi connectivity index (χ2v) is 9.48. The zero-order chi connectivity index (χ0) is 24.8. The second kappa shape index (κ2) is 11.7. The minimum atomic E-state index is -0.221. The third kappa shape index (κ3) is 5.85. The summed E-state index contributed by atoms with van der Waals surface area (Å²) in [5.41, 5.74) is 7.98. The molecule has 1 amide bonds. The van der Waals surface area contributed by atoms with Gasteiger partial charge in [0, 0.05) is 80.6 Å². The Bertz CT molecular complexity index is 1040. The first-order valence-corrected chi connectivity index (χ1v) is 12.7. The van der Waals surface area contributed by atoms with Crippen molar-refractivity contribution in [2.45, 2.75) is 58.7 Å². The lowest BCUT2D eigenvalue weighted by atomic mass is 10.0. The molecule has 0 aliphatic carbocycles. The molecule has 1 fully saturated rings. The number of hydrogen-bond acceptors (Lipinski definition) is 7. The van der Waals surface area contributed by atoms with Crippen LogP contribution in [0.5, 0.6) is 0 Å². The molecule has 1 aromatic carbocycles. The van der Waals surface area contributed by atoms with Gasteiger partial charge in [-0.05, 0) is 50.8 Å². The van der Waals surface area contributed by atoms with E-state index in [1.165, 1.54) is 23.0 Å². The standard InChI is InChI=1S/C26H39N7O2/c1-18-13-22(28-3)20(15-27)25(14-18)32-11-7-24-21(16-32)19(2)31-33(24)10-6-4-5-8-30-26(34)23-17-35-12-9-29-23/h13-15,23,27-29H,4-12,16-17H2,1-3H3,(H,30,34)/t23-/m1/s1. The van der Waals surface area contributed by atoms with Gasteiger partial charge in [-0.15, -0.1) is 0 Å². The molecule has 190 valence electrons. The van der Waals surface area contributed by atoms with Crippen molar-refractivity contribution in [1.29, 1.82) is 5.41 Å². The van der Waals surface area contributed by atoms with E-state index in [1.54, 1.807) is 0 Å². The molecule has 0 saturated carbocycles. The lowest BCUT2D eigenvalue weighted by Crippen LogP contribution is -2.51. The van der Waals surface area contributed by atoms with Gasteiger partial charge >= 0.3 is 0 Å². The largest absolute Gasteiger partial charge is 0.388 e. The SMILES string of the molecule is CNc1cc(C)cc(N2CCc3c(c(C)nn3CCCCCNC(=O)[C@H]3COCCN3)C2)c1C=N. The molecular weight excluding hydrogens is 442 g/mol. The molecule has 1 aromatic heterocycles. The molecule has 1 atom stereocenters.